The molecular weight excluding hydrogens is 354 g/mol. The molecule has 0 aliphatic carbocycles. The third kappa shape index (κ3) is 3.87. The van der Waals surface area contributed by atoms with Crippen LogP contribution in [0.3, 0.4) is 0 Å². The van der Waals surface area contributed by atoms with Crippen molar-refractivity contribution in [1.29, 1.82) is 0 Å². The number of ketones is 1. The number of amides is 1. The number of aliphatic imine (C=N–C) groups is 1. The number of aliphatic hydroxyl groups excluding tert-OH is 1. The lowest BCUT2D eigenvalue weighted by Crippen LogP contribution is -2.44. The Labute approximate surface area is 164 Å². The van der Waals surface area contributed by atoms with Crippen molar-refractivity contribution in [3.05, 3.63) is 59.9 Å². The number of aliphatic hydroxyl groups is 1. The number of benzene rings is 1. The molecule has 6 heteroatoms. The maximum Gasteiger partial charge on any atom is 0.249 e. The second-order valence-corrected chi connectivity index (χ2v) is 7.27. The van der Waals surface area contributed by atoms with Crippen LogP contribution >= 0.6 is 0 Å². The van der Waals surface area contributed by atoms with Crippen molar-refractivity contribution in [2.24, 2.45) is 10.4 Å². The maximum atomic E-state index is 13.0. The van der Waals surface area contributed by atoms with Crippen LogP contribution in [0.5, 0.6) is 0 Å². The van der Waals surface area contributed by atoms with Crippen LogP contribution in [-0.4, -0.2) is 47.2 Å². The Hall–Kier alpha value is -2.86. The molecule has 0 spiro atoms. The van der Waals surface area contributed by atoms with E-state index in [4.69, 9.17) is 0 Å². The number of para-hydroxylation sites is 1. The highest BCUT2D eigenvalue weighted by Gasteiger charge is 2.35. The summed E-state index contributed by atoms with van der Waals surface area (Å²) in [6, 6.07) is 13.0. The summed E-state index contributed by atoms with van der Waals surface area (Å²) in [7, 11) is 0. The number of benzodiazepines with no additional fused rings is 1. The van der Waals surface area contributed by atoms with E-state index in [9.17, 15) is 14.7 Å². The highest BCUT2D eigenvalue weighted by molar-refractivity contribution is 6.19. The zero-order valence-electron chi connectivity index (χ0n) is 16.3. The maximum absolute atomic E-state index is 13.0. The first kappa shape index (κ1) is 19.9. The minimum absolute atomic E-state index is 0.0581. The van der Waals surface area contributed by atoms with Gasteiger partial charge in [0.25, 0.3) is 0 Å². The predicted molar refractivity (Wildman–Crippen MR) is 109 cm³/mol. The van der Waals surface area contributed by atoms with Gasteiger partial charge in [0.15, 0.2) is 5.78 Å². The van der Waals surface area contributed by atoms with Crippen molar-refractivity contribution in [1.82, 2.24) is 4.98 Å². The van der Waals surface area contributed by atoms with E-state index in [1.165, 1.54) is 4.90 Å². The van der Waals surface area contributed by atoms with Gasteiger partial charge in [0.05, 0.1) is 35.7 Å². The number of carbonyl (C=O) groups excluding carboxylic acids is 2. The van der Waals surface area contributed by atoms with Gasteiger partial charge in [-0.05, 0) is 24.6 Å². The van der Waals surface area contributed by atoms with Crippen LogP contribution in [0.2, 0.25) is 0 Å². The van der Waals surface area contributed by atoms with Crippen molar-refractivity contribution in [2.75, 3.05) is 24.6 Å². The van der Waals surface area contributed by atoms with Gasteiger partial charge < -0.3 is 10.0 Å². The Morgan fingerprint density at radius 2 is 1.96 bits per heavy atom. The number of rotatable bonds is 7. The minimum Gasteiger partial charge on any atom is -0.395 e. The number of pyridine rings is 1. The van der Waals surface area contributed by atoms with Gasteiger partial charge in [-0.15, -0.1) is 0 Å². The molecule has 0 saturated carbocycles. The van der Waals surface area contributed by atoms with Crippen molar-refractivity contribution in [3.8, 4) is 0 Å². The highest BCUT2D eigenvalue weighted by Crippen LogP contribution is 2.29. The van der Waals surface area contributed by atoms with Gasteiger partial charge >= 0.3 is 0 Å². The van der Waals surface area contributed by atoms with E-state index in [1.807, 2.05) is 49.4 Å². The summed E-state index contributed by atoms with van der Waals surface area (Å²) in [4.78, 5) is 36.2. The lowest BCUT2D eigenvalue weighted by Gasteiger charge is -2.29. The Kier molecular flexibility index (Phi) is 5.99. The molecule has 1 aromatic heterocycles. The molecule has 0 saturated heterocycles. The third-order valence-electron chi connectivity index (χ3n) is 5.16. The highest BCUT2D eigenvalue weighted by atomic mass is 16.3. The van der Waals surface area contributed by atoms with Crippen molar-refractivity contribution in [3.63, 3.8) is 0 Å². The minimum atomic E-state index is -0.860. The molecule has 2 aromatic rings. The zero-order chi connectivity index (χ0) is 20.1. The summed E-state index contributed by atoms with van der Waals surface area (Å²) < 4.78 is 0. The Morgan fingerprint density at radius 1 is 1.21 bits per heavy atom. The largest absolute Gasteiger partial charge is 0.395 e. The number of anilines is 1. The number of carbonyl (C=O) groups is 2. The molecule has 6 nitrogen and oxygen atoms in total. The van der Waals surface area contributed by atoms with E-state index >= 15 is 0 Å². The molecule has 1 amide bonds. The van der Waals surface area contributed by atoms with Crippen LogP contribution in [0.15, 0.2) is 53.7 Å². The fourth-order valence-corrected chi connectivity index (χ4v) is 3.45. The number of aromatic nitrogens is 1. The smallest absolute Gasteiger partial charge is 0.249 e. The number of Topliss-reactive ketones (excluding diaryl/α,β-unsaturated/α-hetero) is 1. The number of nitrogens with zero attached hydrogens (tertiary/aromatic N) is 3. The van der Waals surface area contributed by atoms with Gasteiger partial charge in [0, 0.05) is 11.8 Å². The normalized spacial score (nSPS) is 16.0. The molecule has 3 rings (SSSR count). The number of hydrogen-bond donors (Lipinski definition) is 1. The van der Waals surface area contributed by atoms with Crippen LogP contribution in [0.1, 0.15) is 37.9 Å². The average Bonchev–Trinajstić information content (AvgIpc) is 2.86. The van der Waals surface area contributed by atoms with E-state index < -0.39 is 5.41 Å². The standard InChI is InChI=1S/C22H25N3O3/c1-3-11-22(2,15-26)19(27)14-25-18-10-5-4-8-16(18)21(24-13-20(25)28)17-9-6-7-12-23-17/h4-10,12,26H,3,11,13-15H2,1-2H3. The summed E-state index contributed by atoms with van der Waals surface area (Å²) in [6.45, 7) is 3.35. The first-order valence-electron chi connectivity index (χ1n) is 9.50. The molecule has 1 atom stereocenters. The summed E-state index contributed by atoms with van der Waals surface area (Å²) >= 11 is 0. The summed E-state index contributed by atoms with van der Waals surface area (Å²) in [5.74, 6) is -0.398. The van der Waals surface area contributed by atoms with Gasteiger partial charge in [-0.25, -0.2) is 0 Å². The van der Waals surface area contributed by atoms with E-state index in [-0.39, 0.29) is 31.4 Å². The summed E-state index contributed by atoms with van der Waals surface area (Å²) in [5, 5.41) is 9.77. The van der Waals surface area contributed by atoms with E-state index in [0.29, 0.717) is 23.5 Å². The lowest BCUT2D eigenvalue weighted by atomic mass is 9.81. The summed E-state index contributed by atoms with van der Waals surface area (Å²) in [6.07, 6.45) is 3.04. The average molecular weight is 379 g/mol. The SMILES string of the molecule is CCCC(C)(CO)C(=O)CN1C(=O)CN=C(c2ccccn2)c2ccccc21. The molecule has 2 heterocycles. The molecule has 1 aromatic carbocycles. The third-order valence-corrected chi connectivity index (χ3v) is 5.16. The van der Waals surface area contributed by atoms with Crippen molar-refractivity contribution < 1.29 is 14.7 Å². The van der Waals surface area contributed by atoms with Gasteiger partial charge in [0.2, 0.25) is 5.91 Å². The number of fused-ring (bicyclic) bond motifs is 1. The Bertz CT molecular complexity index is 895. The molecule has 1 aliphatic heterocycles. The van der Waals surface area contributed by atoms with Gasteiger partial charge in [-0.3, -0.25) is 19.6 Å². The molecule has 146 valence electrons. The molecule has 0 radical (unpaired) electrons. The molecule has 28 heavy (non-hydrogen) atoms. The molecule has 1 unspecified atom stereocenters. The fraction of sp³-hybridized carbons (Fsp3) is 0.364. The molecule has 1 N–H and O–H groups in total. The first-order valence-corrected chi connectivity index (χ1v) is 9.50. The van der Waals surface area contributed by atoms with Gasteiger partial charge in [-0.2, -0.15) is 0 Å². The van der Waals surface area contributed by atoms with Crippen LogP contribution in [0, 0.1) is 5.41 Å². The zero-order valence-corrected chi connectivity index (χ0v) is 16.3. The van der Waals surface area contributed by atoms with Crippen LogP contribution in [0.4, 0.5) is 5.69 Å². The number of hydrogen-bond acceptors (Lipinski definition) is 5. The Morgan fingerprint density at radius 3 is 2.64 bits per heavy atom. The van der Waals surface area contributed by atoms with Gasteiger partial charge in [0.1, 0.15) is 6.54 Å². The monoisotopic (exact) mass is 379 g/mol. The molecule has 0 fully saturated rings. The van der Waals surface area contributed by atoms with Crippen molar-refractivity contribution in [2.45, 2.75) is 26.7 Å². The van der Waals surface area contributed by atoms with E-state index in [1.54, 1.807) is 13.1 Å². The fourth-order valence-electron chi connectivity index (χ4n) is 3.45. The predicted octanol–water partition coefficient (Wildman–Crippen LogP) is 2.63. The van der Waals surface area contributed by atoms with Crippen molar-refractivity contribution >= 4 is 23.1 Å². The lowest BCUT2D eigenvalue weighted by molar-refractivity contribution is -0.130. The van der Waals surface area contributed by atoms with Crippen LogP contribution in [0.25, 0.3) is 0 Å². The topological polar surface area (TPSA) is 82.9 Å². The van der Waals surface area contributed by atoms with Crippen LogP contribution in [-0.2, 0) is 9.59 Å². The second-order valence-electron chi connectivity index (χ2n) is 7.27. The summed E-state index contributed by atoms with van der Waals surface area (Å²) in [5.41, 5.74) is 1.86. The van der Waals surface area contributed by atoms with E-state index in [0.717, 1.165) is 12.0 Å². The molecule has 0 bridgehead atoms. The quantitative estimate of drug-likeness (QED) is 0.802. The van der Waals surface area contributed by atoms with Gasteiger partial charge in [-0.1, -0.05) is 44.5 Å². The Balaban J connectivity index is 1.99. The molecular formula is C22H25N3O3. The second kappa shape index (κ2) is 8.44. The van der Waals surface area contributed by atoms with Crippen LogP contribution < -0.4 is 4.90 Å². The first-order chi connectivity index (χ1) is 13.5. The van der Waals surface area contributed by atoms with E-state index in [2.05, 4.69) is 9.98 Å². The molecule has 1 aliphatic rings.